The summed E-state index contributed by atoms with van der Waals surface area (Å²) in [6.07, 6.45) is 6.07. The van der Waals surface area contributed by atoms with Gasteiger partial charge >= 0.3 is 0 Å². The molecule has 0 bridgehead atoms. The van der Waals surface area contributed by atoms with Gasteiger partial charge in [0.05, 0.1) is 0 Å². The summed E-state index contributed by atoms with van der Waals surface area (Å²) in [5.74, 6) is 1.12. The van der Waals surface area contributed by atoms with Gasteiger partial charge in [0, 0.05) is 25.0 Å². The largest absolute Gasteiger partial charge is 0.303 e. The van der Waals surface area contributed by atoms with Crippen molar-refractivity contribution in [2.45, 2.75) is 32.2 Å². The van der Waals surface area contributed by atoms with E-state index in [-0.39, 0.29) is 9.45 Å². The molecule has 0 N–H and O–H groups in total. The van der Waals surface area contributed by atoms with Gasteiger partial charge in [-0.2, -0.15) is 0 Å². The summed E-state index contributed by atoms with van der Waals surface area (Å²) >= 11 is 5.26. The smallest absolute Gasteiger partial charge is 0.0487 e. The molecule has 1 saturated heterocycles. The van der Waals surface area contributed by atoms with Crippen LogP contribution in [0.4, 0.5) is 0 Å². The van der Waals surface area contributed by atoms with Crippen LogP contribution in [0.25, 0.3) is 0 Å². The third-order valence-corrected chi connectivity index (χ3v) is 4.17. The molecule has 0 aromatic rings. The lowest BCUT2D eigenvalue weighted by Gasteiger charge is -2.36. The minimum absolute atomic E-state index is 0.157. The fraction of sp³-hybridized carbons (Fsp3) is 1.00. The molecule has 0 aliphatic carbocycles. The second-order valence-corrected chi connectivity index (χ2v) is 7.64. The number of piperidine rings is 1. The molecule has 1 heterocycles. The van der Waals surface area contributed by atoms with Crippen LogP contribution < -0.4 is 0 Å². The Bertz CT molecular complexity index is 201. The number of rotatable bonds is 5. The monoisotopic (exact) mass is 248 g/mol. The van der Waals surface area contributed by atoms with Gasteiger partial charge in [0.1, 0.15) is 0 Å². The summed E-state index contributed by atoms with van der Waals surface area (Å²) in [5.41, 5.74) is 0. The van der Waals surface area contributed by atoms with Crippen LogP contribution in [0.5, 0.6) is 0 Å². The first-order chi connectivity index (χ1) is 7.13. The molecule has 1 unspecified atom stereocenters. The SMILES string of the molecule is CCCN(C)C1CCN(CS(C)=S)CC1. The first kappa shape index (κ1) is 13.6. The van der Waals surface area contributed by atoms with Crippen molar-refractivity contribution < 1.29 is 0 Å². The van der Waals surface area contributed by atoms with E-state index in [1.807, 2.05) is 0 Å². The van der Waals surface area contributed by atoms with E-state index in [1.54, 1.807) is 0 Å². The predicted octanol–water partition coefficient (Wildman–Crippen LogP) is 1.46. The lowest BCUT2D eigenvalue weighted by molar-refractivity contribution is 0.141. The molecule has 0 amide bonds. The van der Waals surface area contributed by atoms with Gasteiger partial charge in [0.25, 0.3) is 0 Å². The number of hydrogen-bond donors (Lipinski definition) is 0. The van der Waals surface area contributed by atoms with E-state index in [4.69, 9.17) is 11.2 Å². The molecule has 0 saturated carbocycles. The molecule has 1 aliphatic rings. The van der Waals surface area contributed by atoms with Crippen LogP contribution in [0.2, 0.25) is 0 Å². The lowest BCUT2D eigenvalue weighted by atomic mass is 10.0. The molecule has 15 heavy (non-hydrogen) atoms. The van der Waals surface area contributed by atoms with Crippen LogP contribution in [-0.2, 0) is 20.6 Å². The molecule has 1 atom stereocenters. The van der Waals surface area contributed by atoms with Gasteiger partial charge < -0.3 is 4.90 Å². The van der Waals surface area contributed by atoms with Gasteiger partial charge in [-0.1, -0.05) is 18.1 Å². The summed E-state index contributed by atoms with van der Waals surface area (Å²) < 4.78 is 0. The summed E-state index contributed by atoms with van der Waals surface area (Å²) in [6, 6.07) is 0.810. The first-order valence-electron chi connectivity index (χ1n) is 5.86. The molecule has 0 spiro atoms. The van der Waals surface area contributed by atoms with Crippen molar-refractivity contribution in [3.05, 3.63) is 0 Å². The van der Waals surface area contributed by atoms with E-state index in [0.717, 1.165) is 11.9 Å². The highest BCUT2D eigenvalue weighted by atomic mass is 32.8. The molecule has 1 rings (SSSR count). The van der Waals surface area contributed by atoms with Gasteiger partial charge in [0.2, 0.25) is 0 Å². The fourth-order valence-electron chi connectivity index (χ4n) is 2.28. The molecular weight excluding hydrogens is 224 g/mol. The van der Waals surface area contributed by atoms with Gasteiger partial charge in [-0.3, -0.25) is 4.90 Å². The van der Waals surface area contributed by atoms with E-state index >= 15 is 0 Å². The molecule has 1 fully saturated rings. The maximum atomic E-state index is 5.26. The summed E-state index contributed by atoms with van der Waals surface area (Å²) in [5, 5.41) is 0. The molecule has 90 valence electrons. The van der Waals surface area contributed by atoms with Gasteiger partial charge in [0.15, 0.2) is 0 Å². The van der Waals surface area contributed by atoms with Crippen molar-refractivity contribution >= 4 is 20.6 Å². The van der Waals surface area contributed by atoms with E-state index < -0.39 is 0 Å². The zero-order chi connectivity index (χ0) is 11.3. The number of nitrogens with zero attached hydrogens (tertiary/aromatic N) is 2. The summed E-state index contributed by atoms with van der Waals surface area (Å²) in [6.45, 7) is 5.98. The lowest BCUT2D eigenvalue weighted by Crippen LogP contribution is -2.44. The van der Waals surface area contributed by atoms with Crippen molar-refractivity contribution in [2.75, 3.05) is 38.8 Å². The van der Waals surface area contributed by atoms with E-state index in [9.17, 15) is 0 Å². The van der Waals surface area contributed by atoms with Crippen molar-refractivity contribution in [3.63, 3.8) is 0 Å². The first-order valence-corrected chi connectivity index (χ1v) is 8.58. The van der Waals surface area contributed by atoms with E-state index in [0.29, 0.717) is 0 Å². The number of hydrogen-bond acceptors (Lipinski definition) is 3. The molecule has 2 nitrogen and oxygen atoms in total. The van der Waals surface area contributed by atoms with Gasteiger partial charge in [-0.05, 0) is 39.1 Å². The Hall–Kier alpha value is 0.490. The van der Waals surface area contributed by atoms with Crippen LogP contribution in [0.3, 0.4) is 0 Å². The molecule has 1 aliphatic heterocycles. The maximum absolute atomic E-state index is 5.26. The second kappa shape index (κ2) is 6.94. The quantitative estimate of drug-likeness (QED) is 0.727. The highest BCUT2D eigenvalue weighted by molar-refractivity contribution is 8.28. The van der Waals surface area contributed by atoms with E-state index in [2.05, 4.69) is 30.0 Å². The third kappa shape index (κ3) is 4.89. The number of likely N-dealkylation sites (tertiary alicyclic amines) is 1. The Morgan fingerprint density at radius 2 is 2.00 bits per heavy atom. The summed E-state index contributed by atoms with van der Waals surface area (Å²) in [7, 11) is 2.42. The predicted molar refractivity (Wildman–Crippen MR) is 73.0 cm³/mol. The Morgan fingerprint density at radius 3 is 2.47 bits per heavy atom. The Labute approximate surface area is 102 Å². The molecule has 0 aromatic carbocycles. The Morgan fingerprint density at radius 1 is 1.40 bits per heavy atom. The normalized spacial score (nSPS) is 22.1. The average Bonchev–Trinajstić information content (AvgIpc) is 2.18. The third-order valence-electron chi connectivity index (χ3n) is 3.12. The average molecular weight is 248 g/mol. The molecule has 0 radical (unpaired) electrons. The minimum Gasteiger partial charge on any atom is -0.303 e. The van der Waals surface area contributed by atoms with Gasteiger partial charge in [-0.15, -0.1) is 9.45 Å². The van der Waals surface area contributed by atoms with Crippen molar-refractivity contribution in [1.29, 1.82) is 0 Å². The molecule has 0 aromatic heterocycles. The van der Waals surface area contributed by atoms with Crippen LogP contribution in [0, 0.1) is 0 Å². The van der Waals surface area contributed by atoms with Crippen LogP contribution in [-0.4, -0.2) is 54.7 Å². The van der Waals surface area contributed by atoms with Crippen molar-refractivity contribution in [2.24, 2.45) is 0 Å². The van der Waals surface area contributed by atoms with Crippen LogP contribution >= 0.6 is 0 Å². The highest BCUT2D eigenvalue weighted by Gasteiger charge is 2.21. The highest BCUT2D eigenvalue weighted by Crippen LogP contribution is 2.15. The fourth-order valence-corrected chi connectivity index (χ4v) is 3.50. The zero-order valence-corrected chi connectivity index (χ0v) is 11.9. The zero-order valence-electron chi connectivity index (χ0n) is 10.2. The standard InChI is InChI=1S/C11H24N2S2/c1-4-7-12(2)11-5-8-13(9-6-11)10-15(3)14/h11H,4-10H2,1-3H3. The topological polar surface area (TPSA) is 6.48 Å². The second-order valence-electron chi connectivity index (χ2n) is 4.53. The van der Waals surface area contributed by atoms with Crippen LogP contribution in [0.1, 0.15) is 26.2 Å². The van der Waals surface area contributed by atoms with Gasteiger partial charge in [-0.25, -0.2) is 0 Å². The van der Waals surface area contributed by atoms with Crippen LogP contribution in [0.15, 0.2) is 0 Å². The Balaban J connectivity index is 2.26. The maximum Gasteiger partial charge on any atom is 0.0487 e. The van der Waals surface area contributed by atoms with E-state index in [1.165, 1.54) is 38.9 Å². The summed E-state index contributed by atoms with van der Waals surface area (Å²) in [4.78, 5) is 5.06. The van der Waals surface area contributed by atoms with Crippen molar-refractivity contribution in [3.8, 4) is 0 Å². The molecule has 4 heteroatoms. The Kier molecular flexibility index (Phi) is 6.27. The van der Waals surface area contributed by atoms with Crippen molar-refractivity contribution in [1.82, 2.24) is 9.80 Å². The molecular formula is C11H24N2S2. The minimum atomic E-state index is 0.157.